The van der Waals surface area contributed by atoms with Crippen molar-refractivity contribution in [1.82, 2.24) is 15.1 Å². The lowest BCUT2D eigenvalue weighted by atomic mass is 9.22. The maximum Gasteiger partial charge on any atom is 0.235 e. The highest BCUT2D eigenvalue weighted by Gasteiger charge is 2.58. The van der Waals surface area contributed by atoms with Gasteiger partial charge in [-0.25, -0.2) is 4.39 Å². The molecule has 8 nitrogen and oxygen atoms in total. The second kappa shape index (κ2) is 13.6. The zero-order valence-electron chi connectivity index (χ0n) is 27.8. The standard InChI is InChI=1S/C31H35B7FN3O5/c1-19-8-7-9-23(24(19)30(35,36)42(18-44)29(34,25(45)40-6)31(37,38)28(32,33)17-43)46-14-21-11-10-20(12-22(21)39)13-41-15-26(2,3)47-27(4,5)16-41/h7-12,17-18H,13-16H2,1-6H3,(H,40,45). The number of benzene rings is 2. The molecule has 16 heteroatoms. The lowest BCUT2D eigenvalue weighted by Gasteiger charge is -2.60. The third-order valence-electron chi connectivity index (χ3n) is 8.30. The van der Waals surface area contributed by atoms with E-state index in [4.69, 9.17) is 64.4 Å². The molecule has 1 saturated heterocycles. The van der Waals surface area contributed by atoms with E-state index in [2.05, 4.69) is 10.2 Å². The largest absolute Gasteiger partial charge is 0.488 e. The van der Waals surface area contributed by atoms with Crippen LogP contribution in [0.1, 0.15) is 49.9 Å². The first-order valence-electron chi connectivity index (χ1n) is 14.9. The number of hydrogen-bond acceptors (Lipinski definition) is 6. The molecule has 1 heterocycles. The molecule has 0 bridgehead atoms. The molecule has 14 radical (unpaired) electrons. The summed E-state index contributed by atoms with van der Waals surface area (Å²) in [5.41, 5.74) is -2.29. The fourth-order valence-corrected chi connectivity index (χ4v) is 6.25. The van der Waals surface area contributed by atoms with Crippen LogP contribution in [0.3, 0.4) is 0 Å². The molecule has 1 aliphatic heterocycles. The van der Waals surface area contributed by atoms with Gasteiger partial charge in [0.05, 0.1) is 63.7 Å². The number of morpholine rings is 1. The molecule has 47 heavy (non-hydrogen) atoms. The van der Waals surface area contributed by atoms with E-state index in [1.54, 1.807) is 25.1 Å². The fraction of sp³-hybridized carbons (Fsp3) is 0.516. The van der Waals surface area contributed by atoms with Gasteiger partial charge in [0.25, 0.3) is 0 Å². The first-order valence-corrected chi connectivity index (χ1v) is 14.9. The van der Waals surface area contributed by atoms with Crippen LogP contribution >= 0.6 is 0 Å². The Morgan fingerprint density at radius 1 is 1.04 bits per heavy atom. The second-order valence-electron chi connectivity index (χ2n) is 13.5. The van der Waals surface area contributed by atoms with Crippen molar-refractivity contribution in [2.24, 2.45) is 0 Å². The molecule has 0 spiro atoms. The lowest BCUT2D eigenvalue weighted by Crippen LogP contribution is -2.73. The maximum absolute atomic E-state index is 15.4. The molecule has 0 aromatic heterocycles. The Hall–Kier alpha value is -2.85. The second-order valence-corrected chi connectivity index (χ2v) is 13.5. The van der Waals surface area contributed by atoms with Gasteiger partial charge in [-0.1, -0.05) is 34.7 Å². The predicted octanol–water partition coefficient (Wildman–Crippen LogP) is 0.724. The number of nitrogens with one attached hydrogen (secondary N) is 1. The molecule has 0 aliphatic carbocycles. The summed E-state index contributed by atoms with van der Waals surface area (Å²) in [6, 6.07) is 9.56. The molecule has 2 aromatic carbocycles. The minimum Gasteiger partial charge on any atom is -0.488 e. The van der Waals surface area contributed by atoms with Gasteiger partial charge in [0, 0.05) is 37.8 Å². The van der Waals surface area contributed by atoms with Gasteiger partial charge in [0.15, 0.2) is 0 Å². The van der Waals surface area contributed by atoms with Crippen LogP contribution < -0.4 is 10.1 Å². The third kappa shape index (κ3) is 7.59. The molecule has 0 saturated carbocycles. The van der Waals surface area contributed by atoms with Crippen LogP contribution in [0.4, 0.5) is 4.39 Å². The van der Waals surface area contributed by atoms with Crippen molar-refractivity contribution in [3.8, 4) is 5.75 Å². The molecule has 2 aromatic rings. The van der Waals surface area contributed by atoms with E-state index >= 15 is 4.39 Å². The average molecular weight is 624 g/mol. The van der Waals surface area contributed by atoms with Crippen LogP contribution in [0.25, 0.3) is 0 Å². The Balaban J connectivity index is 1.96. The molecule has 1 unspecified atom stereocenters. The third-order valence-corrected chi connectivity index (χ3v) is 8.30. The number of hydrogen-bond donors (Lipinski definition) is 1. The number of aldehydes is 1. The topological polar surface area (TPSA) is 88.2 Å². The number of aryl methyl sites for hydroxylation is 1. The number of ether oxygens (including phenoxy) is 2. The smallest absolute Gasteiger partial charge is 0.235 e. The Morgan fingerprint density at radius 3 is 2.15 bits per heavy atom. The fourth-order valence-electron chi connectivity index (χ4n) is 6.25. The number of carbonyl (C=O) groups excluding carboxylic acids is 3. The molecule has 1 atom stereocenters. The van der Waals surface area contributed by atoms with Gasteiger partial charge in [-0.2, -0.15) is 0 Å². The molecular formula is C31H35B7FN3O5. The summed E-state index contributed by atoms with van der Waals surface area (Å²) >= 11 is 0. The van der Waals surface area contributed by atoms with Crippen molar-refractivity contribution in [2.75, 3.05) is 20.1 Å². The van der Waals surface area contributed by atoms with Crippen molar-refractivity contribution in [1.29, 1.82) is 0 Å². The highest BCUT2D eigenvalue weighted by Crippen LogP contribution is 2.52. The predicted molar refractivity (Wildman–Crippen MR) is 185 cm³/mol. The van der Waals surface area contributed by atoms with Crippen LogP contribution in [0, 0.1) is 12.7 Å². The highest BCUT2D eigenvalue weighted by molar-refractivity contribution is 6.63. The number of rotatable bonds is 13. The molecule has 1 N–H and O–H groups in total. The van der Waals surface area contributed by atoms with Gasteiger partial charge >= 0.3 is 0 Å². The van der Waals surface area contributed by atoms with Gasteiger partial charge in [0.1, 0.15) is 32.3 Å². The number of carbonyl (C=O) groups is 3. The van der Waals surface area contributed by atoms with Crippen molar-refractivity contribution in [3.63, 3.8) is 0 Å². The van der Waals surface area contributed by atoms with E-state index in [1.807, 2.05) is 33.8 Å². The number of amides is 2. The maximum atomic E-state index is 15.4. The first kappa shape index (κ1) is 38.6. The Labute approximate surface area is 286 Å². The zero-order chi connectivity index (χ0) is 35.8. The summed E-state index contributed by atoms with van der Waals surface area (Å²) in [5, 5.41) is -5.77. The van der Waals surface area contributed by atoms with Crippen molar-refractivity contribution < 1.29 is 28.2 Å². The van der Waals surface area contributed by atoms with Crippen molar-refractivity contribution >= 4 is 73.5 Å². The van der Waals surface area contributed by atoms with E-state index < -0.39 is 32.9 Å². The van der Waals surface area contributed by atoms with Crippen LogP contribution in [-0.4, -0.2) is 120 Å². The highest BCUT2D eigenvalue weighted by atomic mass is 19.1. The summed E-state index contributed by atoms with van der Waals surface area (Å²) in [5.74, 6) is -1.68. The average Bonchev–Trinajstić information content (AvgIpc) is 2.94. The minimum absolute atomic E-state index is 0.0177. The van der Waals surface area contributed by atoms with Gasteiger partial charge in [-0.3, -0.25) is 14.5 Å². The summed E-state index contributed by atoms with van der Waals surface area (Å²) < 4.78 is 27.6. The van der Waals surface area contributed by atoms with E-state index in [-0.39, 0.29) is 47.4 Å². The molecule has 232 valence electrons. The van der Waals surface area contributed by atoms with Crippen LogP contribution in [-0.2, 0) is 37.6 Å². The van der Waals surface area contributed by atoms with E-state index in [1.165, 1.54) is 12.1 Å². The van der Waals surface area contributed by atoms with Crippen molar-refractivity contribution in [2.45, 2.75) is 80.2 Å². The first-order chi connectivity index (χ1) is 21.5. The molecule has 1 aliphatic rings. The molecule has 1 fully saturated rings. The van der Waals surface area contributed by atoms with Gasteiger partial charge in [-0.05, 0) is 63.2 Å². The monoisotopic (exact) mass is 625 g/mol. The molecule has 3 rings (SSSR count). The summed E-state index contributed by atoms with van der Waals surface area (Å²) in [4.78, 5) is 40.3. The Morgan fingerprint density at radius 2 is 1.64 bits per heavy atom. The molecular weight excluding hydrogens is 589 g/mol. The van der Waals surface area contributed by atoms with Gasteiger partial charge < -0.3 is 24.5 Å². The van der Waals surface area contributed by atoms with Crippen LogP contribution in [0.15, 0.2) is 36.4 Å². The van der Waals surface area contributed by atoms with Gasteiger partial charge in [-0.15, -0.1) is 0 Å². The Kier molecular flexibility index (Phi) is 11.2. The summed E-state index contributed by atoms with van der Waals surface area (Å²) in [6.07, 6.45) is -0.00418. The molecule has 2 amide bonds. The summed E-state index contributed by atoms with van der Waals surface area (Å²) in [6.45, 7) is 11.3. The number of halogens is 1. The van der Waals surface area contributed by atoms with Crippen LogP contribution in [0.5, 0.6) is 5.75 Å². The SMILES string of the molecule is [B]C([B])(c1c(C)cccc1OCc1ccc(CN2CC(C)(C)OC(C)(C)C2)cc1F)N(C=O)C([B])(C(=O)NC)C([B])([B])C([B])([B])C=O. The number of nitrogens with zero attached hydrogens (tertiary/aromatic N) is 2. The lowest BCUT2D eigenvalue weighted by molar-refractivity contribution is -0.182. The van der Waals surface area contributed by atoms with Crippen molar-refractivity contribution in [3.05, 3.63) is 64.5 Å². The summed E-state index contributed by atoms with van der Waals surface area (Å²) in [7, 11) is 44.7. The number of likely N-dealkylation sites (N-methyl/N-ethyl adjacent to an activating group) is 1. The van der Waals surface area contributed by atoms with Gasteiger partial charge in [0.2, 0.25) is 12.3 Å². The normalized spacial score (nSPS) is 18.0. The van der Waals surface area contributed by atoms with E-state index in [0.717, 1.165) is 12.6 Å². The van der Waals surface area contributed by atoms with E-state index in [0.29, 0.717) is 30.1 Å². The van der Waals surface area contributed by atoms with Crippen LogP contribution in [0.2, 0.25) is 10.4 Å². The Bertz CT molecular complexity index is 1490. The quantitative estimate of drug-likeness (QED) is 0.262. The zero-order valence-corrected chi connectivity index (χ0v) is 27.8. The minimum atomic E-state index is -2.91. The van der Waals surface area contributed by atoms with E-state index in [9.17, 15) is 14.4 Å².